The van der Waals surface area contributed by atoms with Crippen LogP contribution in [0.4, 0.5) is 4.39 Å². The number of nitrogens with zero attached hydrogens (tertiary/aromatic N) is 4. The Labute approximate surface area is 130 Å². The van der Waals surface area contributed by atoms with Crippen molar-refractivity contribution in [2.24, 2.45) is 0 Å². The zero-order valence-corrected chi connectivity index (χ0v) is 12.3. The third kappa shape index (κ3) is 1.79. The van der Waals surface area contributed by atoms with Crippen LogP contribution in [-0.4, -0.2) is 19.6 Å². The van der Waals surface area contributed by atoms with E-state index in [1.807, 2.05) is 25.1 Å². The summed E-state index contributed by atoms with van der Waals surface area (Å²) in [6.45, 7) is 1.82. The van der Waals surface area contributed by atoms with Crippen molar-refractivity contribution in [1.29, 1.82) is 0 Å². The summed E-state index contributed by atoms with van der Waals surface area (Å²) in [7, 11) is 0. The van der Waals surface area contributed by atoms with E-state index in [9.17, 15) is 4.39 Å². The zero-order chi connectivity index (χ0) is 15.3. The summed E-state index contributed by atoms with van der Waals surface area (Å²) >= 11 is 6.26. The number of aromatic nitrogens is 4. The van der Waals surface area contributed by atoms with E-state index in [1.165, 1.54) is 6.07 Å². The molecule has 0 saturated carbocycles. The van der Waals surface area contributed by atoms with Gasteiger partial charge in [-0.15, -0.1) is 10.2 Å². The Balaban J connectivity index is 2.23. The maximum absolute atomic E-state index is 14.4. The monoisotopic (exact) mass is 312 g/mol. The highest BCUT2D eigenvalue weighted by Gasteiger charge is 2.17. The van der Waals surface area contributed by atoms with Crippen molar-refractivity contribution in [2.45, 2.75) is 6.92 Å². The first-order valence-corrected chi connectivity index (χ1v) is 7.09. The van der Waals surface area contributed by atoms with Crippen molar-refractivity contribution >= 4 is 28.3 Å². The minimum atomic E-state index is -0.372. The fourth-order valence-electron chi connectivity index (χ4n) is 2.59. The molecule has 2 aromatic heterocycles. The SMILES string of the molecule is Cc1nc2cccc(F)c2n2c(-c3ccccc3Cl)nnc12. The van der Waals surface area contributed by atoms with E-state index in [2.05, 4.69) is 15.2 Å². The second-order valence-electron chi connectivity index (χ2n) is 4.97. The first-order valence-electron chi connectivity index (χ1n) is 6.71. The molecule has 0 N–H and O–H groups in total. The minimum Gasteiger partial charge on any atom is -0.269 e. The van der Waals surface area contributed by atoms with E-state index in [0.29, 0.717) is 38.8 Å². The van der Waals surface area contributed by atoms with Gasteiger partial charge in [-0.05, 0) is 31.2 Å². The quantitative estimate of drug-likeness (QED) is 0.532. The van der Waals surface area contributed by atoms with Crippen LogP contribution in [0.1, 0.15) is 5.69 Å². The van der Waals surface area contributed by atoms with Crippen LogP contribution in [0.25, 0.3) is 28.1 Å². The predicted octanol–water partition coefficient (Wildman–Crippen LogP) is 4.05. The molecule has 0 unspecified atom stereocenters. The van der Waals surface area contributed by atoms with Gasteiger partial charge in [0.25, 0.3) is 0 Å². The third-order valence-electron chi connectivity index (χ3n) is 3.58. The van der Waals surface area contributed by atoms with Gasteiger partial charge in [0.2, 0.25) is 0 Å². The first-order chi connectivity index (χ1) is 10.7. The molecule has 0 saturated heterocycles. The highest BCUT2D eigenvalue weighted by molar-refractivity contribution is 6.33. The third-order valence-corrected chi connectivity index (χ3v) is 3.91. The molecular weight excluding hydrogens is 303 g/mol. The molecular formula is C16H10ClFN4. The number of aryl methyl sites for hydroxylation is 1. The summed E-state index contributed by atoms with van der Waals surface area (Å²) in [5, 5.41) is 8.89. The molecule has 0 aliphatic rings. The van der Waals surface area contributed by atoms with Crippen molar-refractivity contribution < 1.29 is 4.39 Å². The molecule has 2 aromatic carbocycles. The van der Waals surface area contributed by atoms with Crippen molar-refractivity contribution in [2.75, 3.05) is 0 Å². The van der Waals surface area contributed by atoms with Gasteiger partial charge in [0, 0.05) is 5.56 Å². The molecule has 0 amide bonds. The Hall–Kier alpha value is -2.53. The van der Waals surface area contributed by atoms with Gasteiger partial charge >= 0.3 is 0 Å². The van der Waals surface area contributed by atoms with Gasteiger partial charge in [0.1, 0.15) is 11.3 Å². The van der Waals surface area contributed by atoms with Gasteiger partial charge in [-0.25, -0.2) is 9.37 Å². The van der Waals surface area contributed by atoms with Crippen molar-refractivity contribution in [3.8, 4) is 11.4 Å². The fourth-order valence-corrected chi connectivity index (χ4v) is 2.81. The van der Waals surface area contributed by atoms with E-state index in [0.717, 1.165) is 0 Å². The highest BCUT2D eigenvalue weighted by atomic mass is 35.5. The van der Waals surface area contributed by atoms with Crippen LogP contribution >= 0.6 is 11.6 Å². The summed E-state index contributed by atoms with van der Waals surface area (Å²) in [6, 6.07) is 12.1. The Bertz CT molecular complexity index is 1030. The van der Waals surface area contributed by atoms with E-state index < -0.39 is 0 Å². The molecule has 4 aromatic rings. The molecule has 108 valence electrons. The summed E-state index contributed by atoms with van der Waals surface area (Å²) in [5.41, 5.74) is 2.81. The Morgan fingerprint density at radius 2 is 1.86 bits per heavy atom. The van der Waals surface area contributed by atoms with Crippen LogP contribution < -0.4 is 0 Å². The molecule has 0 radical (unpaired) electrons. The number of halogens is 2. The van der Waals surface area contributed by atoms with Crippen molar-refractivity contribution in [1.82, 2.24) is 19.6 Å². The minimum absolute atomic E-state index is 0.350. The molecule has 0 aliphatic heterocycles. The summed E-state index contributed by atoms with van der Waals surface area (Å²) < 4.78 is 16.0. The van der Waals surface area contributed by atoms with E-state index >= 15 is 0 Å². The van der Waals surface area contributed by atoms with Crippen LogP contribution in [-0.2, 0) is 0 Å². The maximum atomic E-state index is 14.4. The number of rotatable bonds is 1. The van der Waals surface area contributed by atoms with Gasteiger partial charge in [-0.3, -0.25) is 4.40 Å². The van der Waals surface area contributed by atoms with E-state index in [4.69, 9.17) is 11.6 Å². The lowest BCUT2D eigenvalue weighted by Gasteiger charge is -2.08. The van der Waals surface area contributed by atoms with Crippen LogP contribution in [0.5, 0.6) is 0 Å². The number of benzene rings is 2. The molecule has 6 heteroatoms. The van der Waals surface area contributed by atoms with Crippen LogP contribution in [0.15, 0.2) is 42.5 Å². The van der Waals surface area contributed by atoms with Crippen molar-refractivity contribution in [3.63, 3.8) is 0 Å². The Morgan fingerprint density at radius 1 is 1.05 bits per heavy atom. The Kier molecular flexibility index (Phi) is 2.84. The van der Waals surface area contributed by atoms with Gasteiger partial charge in [-0.2, -0.15) is 0 Å². The largest absolute Gasteiger partial charge is 0.269 e. The summed E-state index contributed by atoms with van der Waals surface area (Å²) in [4.78, 5) is 4.40. The number of hydrogen-bond acceptors (Lipinski definition) is 3. The normalized spacial score (nSPS) is 11.4. The lowest BCUT2D eigenvalue weighted by Crippen LogP contribution is -1.99. The number of hydrogen-bond donors (Lipinski definition) is 0. The second kappa shape index (κ2) is 4.74. The predicted molar refractivity (Wildman–Crippen MR) is 83.4 cm³/mol. The summed E-state index contributed by atoms with van der Waals surface area (Å²) in [6.07, 6.45) is 0. The lowest BCUT2D eigenvalue weighted by molar-refractivity contribution is 0.635. The van der Waals surface area contributed by atoms with Gasteiger partial charge in [0.05, 0.1) is 16.2 Å². The van der Waals surface area contributed by atoms with E-state index in [-0.39, 0.29) is 5.82 Å². The highest BCUT2D eigenvalue weighted by Crippen LogP contribution is 2.29. The molecule has 0 fully saturated rings. The molecule has 0 aliphatic carbocycles. The zero-order valence-electron chi connectivity index (χ0n) is 11.6. The van der Waals surface area contributed by atoms with Crippen LogP contribution in [0.3, 0.4) is 0 Å². The van der Waals surface area contributed by atoms with E-state index in [1.54, 1.807) is 22.6 Å². The molecule has 2 heterocycles. The van der Waals surface area contributed by atoms with Gasteiger partial charge in [-0.1, -0.05) is 29.8 Å². The molecule has 4 rings (SSSR count). The smallest absolute Gasteiger partial charge is 0.183 e. The summed E-state index contributed by atoms with van der Waals surface area (Å²) in [5.74, 6) is 0.129. The molecule has 22 heavy (non-hydrogen) atoms. The Morgan fingerprint density at radius 3 is 2.68 bits per heavy atom. The average molecular weight is 313 g/mol. The molecule has 0 atom stereocenters. The van der Waals surface area contributed by atoms with Crippen molar-refractivity contribution in [3.05, 3.63) is 59.0 Å². The van der Waals surface area contributed by atoms with Crippen LogP contribution in [0, 0.1) is 12.7 Å². The molecule has 0 spiro atoms. The lowest BCUT2D eigenvalue weighted by atomic mass is 10.2. The average Bonchev–Trinajstić information content (AvgIpc) is 2.93. The molecule has 4 nitrogen and oxygen atoms in total. The topological polar surface area (TPSA) is 43.1 Å². The van der Waals surface area contributed by atoms with Gasteiger partial charge < -0.3 is 0 Å². The van der Waals surface area contributed by atoms with Crippen LogP contribution in [0.2, 0.25) is 5.02 Å². The van der Waals surface area contributed by atoms with Gasteiger partial charge in [0.15, 0.2) is 11.5 Å². The number of fused-ring (bicyclic) bond motifs is 3. The second-order valence-corrected chi connectivity index (χ2v) is 5.37. The maximum Gasteiger partial charge on any atom is 0.183 e. The number of para-hydroxylation sites is 1. The molecule has 0 bridgehead atoms. The first kappa shape index (κ1) is 13.2. The standard InChI is InChI=1S/C16H10ClFN4/c1-9-15-20-21-16(10-5-2-3-6-11(10)17)22(15)14-12(18)7-4-8-13(14)19-9/h2-8H,1H3. The fraction of sp³-hybridized carbons (Fsp3) is 0.0625.